The first-order valence-electron chi connectivity index (χ1n) is 7.07. The lowest BCUT2D eigenvalue weighted by atomic mass is 10.2. The fourth-order valence-corrected chi connectivity index (χ4v) is 4.23. The van der Waals surface area contributed by atoms with Crippen LogP contribution in [0.5, 0.6) is 5.75 Å². The molecule has 10 heteroatoms. The van der Waals surface area contributed by atoms with E-state index in [-0.39, 0.29) is 16.3 Å². The molecule has 2 aromatic carbocycles. The fraction of sp³-hybridized carbons (Fsp3) is 0. The van der Waals surface area contributed by atoms with Gasteiger partial charge in [0.05, 0.1) is 11.3 Å². The van der Waals surface area contributed by atoms with Crippen molar-refractivity contribution in [3.63, 3.8) is 0 Å². The lowest BCUT2D eigenvalue weighted by molar-refractivity contribution is 0.0696. The van der Waals surface area contributed by atoms with Crippen molar-refractivity contribution in [2.45, 2.75) is 5.03 Å². The zero-order chi connectivity index (χ0) is 18.9. The molecule has 0 bridgehead atoms. The van der Waals surface area contributed by atoms with Gasteiger partial charge in [-0.25, -0.2) is 14.2 Å². The molecule has 0 fully saturated rings. The van der Waals surface area contributed by atoms with Gasteiger partial charge in [0.1, 0.15) is 16.6 Å². The Balaban J connectivity index is 1.87. The van der Waals surface area contributed by atoms with Crippen LogP contribution in [0.4, 0.5) is 10.1 Å². The zero-order valence-electron chi connectivity index (χ0n) is 12.9. The van der Waals surface area contributed by atoms with Crippen LogP contribution in [0, 0.1) is 5.82 Å². The molecule has 3 aromatic rings. The van der Waals surface area contributed by atoms with E-state index in [9.17, 15) is 22.7 Å². The summed E-state index contributed by atoms with van der Waals surface area (Å²) in [5.41, 5.74) is 0.204. The molecule has 0 spiro atoms. The first-order valence-corrected chi connectivity index (χ1v) is 9.43. The Bertz CT molecular complexity index is 1080. The number of hydrogen-bond donors (Lipinski definition) is 3. The highest BCUT2D eigenvalue weighted by atomic mass is 32.2. The number of nitrogens with one attached hydrogen (secondary N) is 1. The van der Waals surface area contributed by atoms with Gasteiger partial charge in [-0.2, -0.15) is 8.42 Å². The Hall–Kier alpha value is -2.98. The van der Waals surface area contributed by atoms with Crippen LogP contribution in [0.1, 0.15) is 10.4 Å². The number of carbonyl (C=O) groups is 1. The van der Waals surface area contributed by atoms with E-state index in [1.54, 1.807) is 0 Å². The van der Waals surface area contributed by atoms with Gasteiger partial charge in [0.2, 0.25) is 0 Å². The van der Waals surface area contributed by atoms with Crippen LogP contribution < -0.4 is 4.72 Å². The highest BCUT2D eigenvalue weighted by molar-refractivity contribution is 7.92. The predicted octanol–water partition coefficient (Wildman–Crippen LogP) is 3.15. The molecule has 0 aliphatic carbocycles. The number of carboxylic acids is 1. The molecule has 0 aliphatic heterocycles. The second kappa shape index (κ2) is 6.73. The number of carboxylic acid groups (broad SMARTS) is 1. The van der Waals surface area contributed by atoms with E-state index in [1.165, 1.54) is 29.6 Å². The zero-order valence-corrected chi connectivity index (χ0v) is 14.5. The monoisotopic (exact) mass is 394 g/mol. The van der Waals surface area contributed by atoms with Crippen LogP contribution in [0.15, 0.2) is 52.9 Å². The third-order valence-corrected chi connectivity index (χ3v) is 5.63. The number of aromatic carboxylic acids is 1. The van der Waals surface area contributed by atoms with E-state index in [0.717, 1.165) is 29.5 Å². The number of sulfonamides is 1. The first-order chi connectivity index (χ1) is 12.3. The van der Waals surface area contributed by atoms with Crippen molar-refractivity contribution >= 4 is 33.0 Å². The van der Waals surface area contributed by atoms with E-state index in [2.05, 4.69) is 9.71 Å². The Morgan fingerprint density at radius 1 is 1.15 bits per heavy atom. The number of benzene rings is 2. The number of halogens is 1. The minimum atomic E-state index is -4.10. The van der Waals surface area contributed by atoms with Crippen molar-refractivity contribution in [3.8, 4) is 16.3 Å². The molecule has 0 atom stereocenters. The maximum Gasteiger partial charge on any atom is 0.335 e. The molecule has 0 unspecified atom stereocenters. The summed E-state index contributed by atoms with van der Waals surface area (Å²) in [6, 6.07) is 8.68. The fourth-order valence-electron chi connectivity index (χ4n) is 2.06. The van der Waals surface area contributed by atoms with Crippen LogP contribution in [-0.2, 0) is 10.0 Å². The number of aromatic hydroxyl groups is 1. The van der Waals surface area contributed by atoms with Gasteiger partial charge in [-0.1, -0.05) is 0 Å². The Kier molecular flexibility index (Phi) is 4.62. The molecule has 0 saturated carbocycles. The third kappa shape index (κ3) is 3.65. The summed E-state index contributed by atoms with van der Waals surface area (Å²) in [4.78, 5) is 14.9. The largest absolute Gasteiger partial charge is 0.506 e. The Morgan fingerprint density at radius 2 is 1.85 bits per heavy atom. The number of thiazole rings is 1. The molecule has 0 radical (unpaired) electrons. The minimum absolute atomic E-state index is 0.175. The maximum atomic E-state index is 13.0. The van der Waals surface area contributed by atoms with Gasteiger partial charge in [-0.05, 0) is 42.5 Å². The number of phenolic OH excluding ortho intramolecular Hbond substituents is 1. The molecular weight excluding hydrogens is 383 g/mol. The van der Waals surface area contributed by atoms with E-state index in [1.807, 2.05) is 0 Å². The normalized spacial score (nSPS) is 11.3. The number of hydrogen-bond acceptors (Lipinski definition) is 6. The van der Waals surface area contributed by atoms with E-state index in [0.29, 0.717) is 10.6 Å². The SMILES string of the molecule is O=C(O)c1ccc(NS(=O)(=O)c2csc(-c3ccc(F)cc3)n2)c(O)c1. The summed E-state index contributed by atoms with van der Waals surface area (Å²) < 4.78 is 40.0. The third-order valence-electron chi connectivity index (χ3n) is 3.34. The van der Waals surface area contributed by atoms with Gasteiger partial charge in [-0.15, -0.1) is 11.3 Å². The molecule has 0 saturated heterocycles. The van der Waals surface area contributed by atoms with Crippen molar-refractivity contribution < 1.29 is 27.8 Å². The predicted molar refractivity (Wildman–Crippen MR) is 93.4 cm³/mol. The van der Waals surface area contributed by atoms with Gasteiger partial charge in [0.15, 0.2) is 5.03 Å². The first kappa shape index (κ1) is 17.8. The van der Waals surface area contributed by atoms with E-state index < -0.39 is 27.6 Å². The molecule has 0 amide bonds. The van der Waals surface area contributed by atoms with Crippen molar-refractivity contribution in [3.05, 3.63) is 59.2 Å². The highest BCUT2D eigenvalue weighted by Crippen LogP contribution is 2.29. The second-order valence-electron chi connectivity index (χ2n) is 5.14. The summed E-state index contributed by atoms with van der Waals surface area (Å²) >= 11 is 1.06. The number of phenols is 1. The van der Waals surface area contributed by atoms with Crippen LogP contribution in [0.3, 0.4) is 0 Å². The lowest BCUT2D eigenvalue weighted by Gasteiger charge is -2.08. The lowest BCUT2D eigenvalue weighted by Crippen LogP contribution is -2.13. The Morgan fingerprint density at radius 3 is 2.46 bits per heavy atom. The highest BCUT2D eigenvalue weighted by Gasteiger charge is 2.21. The number of anilines is 1. The van der Waals surface area contributed by atoms with Crippen molar-refractivity contribution in [1.29, 1.82) is 0 Å². The number of aromatic nitrogens is 1. The quantitative estimate of drug-likeness (QED) is 0.573. The maximum absolute atomic E-state index is 13.0. The number of nitrogens with zero attached hydrogens (tertiary/aromatic N) is 1. The average molecular weight is 394 g/mol. The number of rotatable bonds is 5. The molecule has 7 nitrogen and oxygen atoms in total. The van der Waals surface area contributed by atoms with Crippen LogP contribution >= 0.6 is 11.3 Å². The molecule has 3 rings (SSSR count). The molecule has 0 aliphatic rings. The molecule has 134 valence electrons. The summed E-state index contributed by atoms with van der Waals surface area (Å²) in [6.07, 6.45) is 0. The average Bonchev–Trinajstić information content (AvgIpc) is 3.08. The van der Waals surface area contributed by atoms with Gasteiger partial charge in [0, 0.05) is 10.9 Å². The van der Waals surface area contributed by atoms with Gasteiger partial charge in [-0.3, -0.25) is 4.72 Å². The van der Waals surface area contributed by atoms with E-state index in [4.69, 9.17) is 5.11 Å². The van der Waals surface area contributed by atoms with Crippen LogP contribution in [0.25, 0.3) is 10.6 Å². The molecular formula is C16H11FN2O5S2. The molecule has 26 heavy (non-hydrogen) atoms. The van der Waals surface area contributed by atoms with Crippen molar-refractivity contribution in [2.75, 3.05) is 4.72 Å². The van der Waals surface area contributed by atoms with Crippen LogP contribution in [-0.4, -0.2) is 29.6 Å². The second-order valence-corrected chi connectivity index (χ2v) is 7.63. The topological polar surface area (TPSA) is 117 Å². The summed E-state index contributed by atoms with van der Waals surface area (Å²) in [5.74, 6) is -2.19. The molecule has 1 aromatic heterocycles. The molecule has 3 N–H and O–H groups in total. The smallest absolute Gasteiger partial charge is 0.335 e. The van der Waals surface area contributed by atoms with Gasteiger partial charge >= 0.3 is 5.97 Å². The van der Waals surface area contributed by atoms with Crippen molar-refractivity contribution in [1.82, 2.24) is 4.98 Å². The van der Waals surface area contributed by atoms with Crippen molar-refractivity contribution in [2.24, 2.45) is 0 Å². The summed E-state index contributed by atoms with van der Waals surface area (Å²) in [5, 5.41) is 20.1. The standard InChI is InChI=1S/C16H11FN2O5S2/c17-11-4-1-9(2-5-11)15-18-14(8-25-15)26(23,24)19-12-6-3-10(16(21)22)7-13(12)20/h1-8,19-20H,(H,21,22). The Labute approximate surface area is 151 Å². The summed E-state index contributed by atoms with van der Waals surface area (Å²) in [6.45, 7) is 0. The summed E-state index contributed by atoms with van der Waals surface area (Å²) in [7, 11) is -4.10. The minimum Gasteiger partial charge on any atom is -0.506 e. The van der Waals surface area contributed by atoms with Gasteiger partial charge < -0.3 is 10.2 Å². The van der Waals surface area contributed by atoms with Gasteiger partial charge in [0.25, 0.3) is 10.0 Å². The van der Waals surface area contributed by atoms with Crippen LogP contribution in [0.2, 0.25) is 0 Å². The molecule has 1 heterocycles. The van der Waals surface area contributed by atoms with E-state index >= 15 is 0 Å².